The molecule has 1 unspecified atom stereocenters. The predicted octanol–water partition coefficient (Wildman–Crippen LogP) is 5.48. The van der Waals surface area contributed by atoms with E-state index in [1.807, 2.05) is 12.1 Å². The average molecular weight is 396 g/mol. The molecule has 1 aliphatic rings. The Hall–Kier alpha value is -2.83. The minimum absolute atomic E-state index is 0.347. The van der Waals surface area contributed by atoms with Gasteiger partial charge in [0.1, 0.15) is 6.04 Å². The summed E-state index contributed by atoms with van der Waals surface area (Å²) in [5, 5.41) is 14.6. The summed E-state index contributed by atoms with van der Waals surface area (Å²) < 4.78 is 7.76. The summed E-state index contributed by atoms with van der Waals surface area (Å²) in [6, 6.07) is 7.88. The summed E-state index contributed by atoms with van der Waals surface area (Å²) in [6.07, 6.45) is 8.99. The van der Waals surface area contributed by atoms with E-state index >= 15 is 0 Å². The van der Waals surface area contributed by atoms with E-state index in [2.05, 4.69) is 40.0 Å². The van der Waals surface area contributed by atoms with Crippen molar-refractivity contribution >= 4 is 17.0 Å². The molecule has 29 heavy (non-hydrogen) atoms. The molecule has 1 aromatic carbocycles. The fourth-order valence-corrected chi connectivity index (χ4v) is 4.23. The molecule has 0 radical (unpaired) electrons. The largest absolute Gasteiger partial charge is 0.465 e. The zero-order valence-electron chi connectivity index (χ0n) is 16.9. The fraction of sp³-hybridized carbons (Fsp3) is 0.500. The van der Waals surface area contributed by atoms with Gasteiger partial charge < -0.3 is 14.2 Å². The van der Waals surface area contributed by atoms with Gasteiger partial charge in [-0.25, -0.2) is 4.79 Å². The van der Waals surface area contributed by atoms with Crippen LogP contribution in [-0.2, 0) is 6.54 Å². The number of rotatable bonds is 8. The first-order valence-corrected chi connectivity index (χ1v) is 10.6. The van der Waals surface area contributed by atoms with Crippen LogP contribution in [0.5, 0.6) is 0 Å². The Balaban J connectivity index is 1.54. The van der Waals surface area contributed by atoms with E-state index in [0.29, 0.717) is 24.7 Å². The lowest BCUT2D eigenvalue weighted by Crippen LogP contribution is -2.28. The number of fused-ring (bicyclic) bond motifs is 1. The van der Waals surface area contributed by atoms with Gasteiger partial charge in [0, 0.05) is 35.8 Å². The number of carboxylic acid groups (broad SMARTS) is 1. The van der Waals surface area contributed by atoms with Crippen molar-refractivity contribution in [2.75, 3.05) is 6.54 Å². The van der Waals surface area contributed by atoms with Gasteiger partial charge in [0.2, 0.25) is 11.7 Å². The lowest BCUT2D eigenvalue weighted by molar-refractivity contribution is 0.131. The number of aryl methyl sites for hydroxylation is 1. The van der Waals surface area contributed by atoms with Crippen LogP contribution in [-0.4, -0.2) is 37.4 Å². The number of unbranched alkanes of at least 4 members (excludes halogenated alkanes) is 4. The second-order valence-electron chi connectivity index (χ2n) is 7.75. The van der Waals surface area contributed by atoms with Crippen molar-refractivity contribution in [3.05, 3.63) is 36.4 Å². The van der Waals surface area contributed by atoms with Gasteiger partial charge in [-0.1, -0.05) is 49.9 Å². The zero-order chi connectivity index (χ0) is 20.2. The monoisotopic (exact) mass is 396 g/mol. The van der Waals surface area contributed by atoms with Crippen LogP contribution < -0.4 is 0 Å². The molecule has 2 aromatic heterocycles. The van der Waals surface area contributed by atoms with Crippen LogP contribution in [0.15, 0.2) is 35.0 Å². The molecule has 4 rings (SSSR count). The van der Waals surface area contributed by atoms with Crippen LogP contribution in [0.4, 0.5) is 4.79 Å². The molecule has 1 atom stereocenters. The summed E-state index contributed by atoms with van der Waals surface area (Å²) in [4.78, 5) is 17.4. The molecule has 0 bridgehead atoms. The average Bonchev–Trinajstić information content (AvgIpc) is 3.46. The highest BCUT2D eigenvalue weighted by Gasteiger charge is 2.34. The van der Waals surface area contributed by atoms with Crippen molar-refractivity contribution in [1.82, 2.24) is 19.6 Å². The van der Waals surface area contributed by atoms with Gasteiger partial charge in [0.15, 0.2) is 0 Å². The van der Waals surface area contributed by atoms with Gasteiger partial charge in [-0.05, 0) is 31.4 Å². The molecule has 7 heteroatoms. The Morgan fingerprint density at radius 2 is 2.10 bits per heavy atom. The molecule has 7 nitrogen and oxygen atoms in total. The Morgan fingerprint density at radius 1 is 1.24 bits per heavy atom. The van der Waals surface area contributed by atoms with Gasteiger partial charge in [-0.15, -0.1) is 0 Å². The normalized spacial score (nSPS) is 16.7. The van der Waals surface area contributed by atoms with Crippen molar-refractivity contribution in [2.24, 2.45) is 0 Å². The van der Waals surface area contributed by atoms with E-state index in [9.17, 15) is 9.90 Å². The van der Waals surface area contributed by atoms with Crippen LogP contribution in [0, 0.1) is 0 Å². The second-order valence-corrected chi connectivity index (χ2v) is 7.75. The smallest absolute Gasteiger partial charge is 0.407 e. The standard InChI is InChI=1S/C22H28N4O3/c1-2-3-4-5-6-13-25-15-12-16-17(9-7-10-18(16)25)20-23-21(29-24-20)19-11-8-14-26(19)22(27)28/h7,9-10,12,15,19H,2-6,8,11,13-14H2,1H3,(H,27,28). The molecular formula is C22H28N4O3. The molecule has 0 aliphatic carbocycles. The number of aromatic nitrogens is 3. The Bertz CT molecular complexity index is 978. The third-order valence-electron chi connectivity index (χ3n) is 5.78. The predicted molar refractivity (Wildman–Crippen MR) is 111 cm³/mol. The minimum Gasteiger partial charge on any atom is -0.465 e. The van der Waals surface area contributed by atoms with Crippen molar-refractivity contribution in [1.29, 1.82) is 0 Å². The molecule has 1 saturated heterocycles. The van der Waals surface area contributed by atoms with Crippen molar-refractivity contribution < 1.29 is 14.4 Å². The number of hydrogen-bond donors (Lipinski definition) is 1. The molecule has 154 valence electrons. The summed E-state index contributed by atoms with van der Waals surface area (Å²) in [6.45, 7) is 3.74. The van der Waals surface area contributed by atoms with Crippen molar-refractivity contribution in [3.8, 4) is 11.4 Å². The van der Waals surface area contributed by atoms with E-state index in [0.717, 1.165) is 29.4 Å². The van der Waals surface area contributed by atoms with E-state index in [1.54, 1.807) is 0 Å². The van der Waals surface area contributed by atoms with Crippen molar-refractivity contribution in [3.63, 3.8) is 0 Å². The summed E-state index contributed by atoms with van der Waals surface area (Å²) in [7, 11) is 0. The van der Waals surface area contributed by atoms with E-state index < -0.39 is 6.09 Å². The molecule has 3 heterocycles. The highest BCUT2D eigenvalue weighted by atomic mass is 16.5. The third-order valence-corrected chi connectivity index (χ3v) is 5.78. The van der Waals surface area contributed by atoms with Crippen LogP contribution in [0.1, 0.15) is 63.8 Å². The topological polar surface area (TPSA) is 84.4 Å². The summed E-state index contributed by atoms with van der Waals surface area (Å²) in [5.41, 5.74) is 2.08. The van der Waals surface area contributed by atoms with Crippen LogP contribution >= 0.6 is 0 Å². The highest BCUT2D eigenvalue weighted by molar-refractivity contribution is 5.93. The summed E-state index contributed by atoms with van der Waals surface area (Å²) in [5.74, 6) is 0.899. The number of nitrogens with zero attached hydrogens (tertiary/aromatic N) is 4. The third kappa shape index (κ3) is 3.99. The number of benzene rings is 1. The Kier molecular flexibility index (Phi) is 5.83. The van der Waals surface area contributed by atoms with Gasteiger partial charge in [0.05, 0.1) is 0 Å². The first-order chi connectivity index (χ1) is 14.2. The highest BCUT2D eigenvalue weighted by Crippen LogP contribution is 2.33. The van der Waals surface area contributed by atoms with Crippen LogP contribution in [0.2, 0.25) is 0 Å². The molecule has 1 fully saturated rings. The van der Waals surface area contributed by atoms with Crippen molar-refractivity contribution in [2.45, 2.75) is 64.5 Å². The first kappa shape index (κ1) is 19.5. The van der Waals surface area contributed by atoms with Crippen LogP contribution in [0.25, 0.3) is 22.3 Å². The van der Waals surface area contributed by atoms with Gasteiger partial charge >= 0.3 is 6.09 Å². The first-order valence-electron chi connectivity index (χ1n) is 10.6. The fourth-order valence-electron chi connectivity index (χ4n) is 4.23. The maximum absolute atomic E-state index is 11.4. The van der Waals surface area contributed by atoms with Crippen LogP contribution in [0.3, 0.4) is 0 Å². The van der Waals surface area contributed by atoms with Gasteiger partial charge in [0.25, 0.3) is 0 Å². The zero-order valence-corrected chi connectivity index (χ0v) is 16.9. The quantitative estimate of drug-likeness (QED) is 0.510. The molecule has 3 aromatic rings. The maximum atomic E-state index is 11.4. The van der Waals surface area contributed by atoms with E-state index in [1.165, 1.54) is 37.0 Å². The maximum Gasteiger partial charge on any atom is 0.407 e. The number of hydrogen-bond acceptors (Lipinski definition) is 4. The molecular weight excluding hydrogens is 368 g/mol. The lowest BCUT2D eigenvalue weighted by atomic mass is 10.1. The second kappa shape index (κ2) is 8.68. The Labute approximate surface area is 170 Å². The number of carbonyl (C=O) groups is 1. The molecule has 0 spiro atoms. The SMILES string of the molecule is CCCCCCCn1ccc2c(-c3noc(C4CCCN4C(=O)O)n3)cccc21. The Morgan fingerprint density at radius 3 is 2.93 bits per heavy atom. The number of amides is 1. The van der Waals surface area contributed by atoms with Gasteiger partial charge in [-0.3, -0.25) is 4.90 Å². The van der Waals surface area contributed by atoms with E-state index in [-0.39, 0.29) is 6.04 Å². The minimum atomic E-state index is -0.939. The molecule has 1 aliphatic heterocycles. The molecule has 1 N–H and O–H groups in total. The lowest BCUT2D eigenvalue weighted by Gasteiger charge is -2.17. The molecule has 0 saturated carbocycles. The molecule has 1 amide bonds. The summed E-state index contributed by atoms with van der Waals surface area (Å²) >= 11 is 0. The van der Waals surface area contributed by atoms with Gasteiger partial charge in [-0.2, -0.15) is 4.98 Å². The van der Waals surface area contributed by atoms with E-state index in [4.69, 9.17) is 4.52 Å². The number of likely N-dealkylation sites (tertiary alicyclic amines) is 1.